The first-order valence-electron chi connectivity index (χ1n) is 13.6. The Labute approximate surface area is 276 Å². The van der Waals surface area contributed by atoms with Gasteiger partial charge in [-0.15, -0.1) is 0 Å². The van der Waals surface area contributed by atoms with E-state index >= 15 is 0 Å². The predicted octanol–water partition coefficient (Wildman–Crippen LogP) is 7.55. The van der Waals surface area contributed by atoms with E-state index in [9.17, 15) is 20.3 Å². The molecule has 4 atom stereocenters. The molecular weight excluding hydrogens is 646 g/mol. The largest absolute Gasteiger partial charge is 0.399 e. The van der Waals surface area contributed by atoms with Gasteiger partial charge in [0.15, 0.2) is 0 Å². The molecule has 0 fully saturated rings. The Bertz CT molecular complexity index is 1560. The summed E-state index contributed by atoms with van der Waals surface area (Å²) in [7, 11) is 3.61. The molecule has 0 aliphatic heterocycles. The Hall–Kier alpha value is -2.92. The number of halogens is 4. The minimum absolute atomic E-state index is 0.0566. The molecule has 44 heavy (non-hydrogen) atoms. The van der Waals surface area contributed by atoms with Crippen LogP contribution in [0.5, 0.6) is 0 Å². The summed E-state index contributed by atoms with van der Waals surface area (Å²) in [6, 6.07) is 23.8. The highest BCUT2D eigenvalue weighted by Crippen LogP contribution is 2.36. The van der Waals surface area contributed by atoms with Gasteiger partial charge in [0, 0.05) is 42.7 Å². The maximum absolute atomic E-state index is 10.9. The molecule has 8 nitrogen and oxygen atoms in total. The fourth-order valence-electron chi connectivity index (χ4n) is 4.78. The lowest BCUT2D eigenvalue weighted by Gasteiger charge is -2.24. The highest BCUT2D eigenvalue weighted by Gasteiger charge is 2.25. The molecule has 12 heteroatoms. The quantitative estimate of drug-likeness (QED) is 0.0628. The van der Waals surface area contributed by atoms with Gasteiger partial charge in [-0.3, -0.25) is 10.1 Å². The van der Waals surface area contributed by atoms with E-state index in [1.54, 1.807) is 61.6 Å². The SMILES string of the molecule is CNCC(c1ccc(Cl)c(Cl)c1)C(O)c1cccc(N)c1.CNCC(c1ccc(Cl)c(Cl)c1)C(O)c1cccc([N+](=O)[O-])c1. The average molecular weight is 680 g/mol. The summed E-state index contributed by atoms with van der Waals surface area (Å²) < 4.78 is 0. The van der Waals surface area contributed by atoms with Crippen LogP contribution in [0.1, 0.15) is 46.3 Å². The number of aliphatic hydroxyl groups is 2. The lowest BCUT2D eigenvalue weighted by Crippen LogP contribution is -2.23. The van der Waals surface area contributed by atoms with E-state index in [-0.39, 0.29) is 17.5 Å². The van der Waals surface area contributed by atoms with Crippen molar-refractivity contribution in [3.8, 4) is 0 Å². The number of likely N-dealkylation sites (N-methyl/N-ethyl adjacent to an activating group) is 2. The van der Waals surface area contributed by atoms with Crippen molar-refractivity contribution in [3.05, 3.63) is 137 Å². The van der Waals surface area contributed by atoms with E-state index in [1.165, 1.54) is 12.1 Å². The number of nitrogens with zero attached hydrogens (tertiary/aromatic N) is 1. The Kier molecular flexibility index (Phi) is 13.7. The lowest BCUT2D eigenvalue weighted by molar-refractivity contribution is -0.385. The molecule has 234 valence electrons. The Morgan fingerprint density at radius 1 is 0.682 bits per heavy atom. The van der Waals surface area contributed by atoms with E-state index in [1.807, 2.05) is 25.2 Å². The van der Waals surface area contributed by atoms with E-state index in [4.69, 9.17) is 52.1 Å². The van der Waals surface area contributed by atoms with Crippen LogP contribution in [0, 0.1) is 10.1 Å². The van der Waals surface area contributed by atoms with Gasteiger partial charge in [0.1, 0.15) is 0 Å². The molecule has 4 aromatic carbocycles. The topological polar surface area (TPSA) is 134 Å². The number of non-ortho nitro benzene ring substituents is 1. The van der Waals surface area contributed by atoms with E-state index < -0.39 is 17.1 Å². The number of nitrogens with two attached hydrogens (primary N) is 1. The zero-order valence-corrected chi connectivity index (χ0v) is 27.1. The number of anilines is 1. The molecule has 0 aliphatic carbocycles. The molecule has 0 spiro atoms. The van der Waals surface area contributed by atoms with Crippen LogP contribution in [-0.4, -0.2) is 42.3 Å². The fraction of sp³-hybridized carbons (Fsp3) is 0.250. The third kappa shape index (κ3) is 9.54. The highest BCUT2D eigenvalue weighted by atomic mass is 35.5. The van der Waals surface area contributed by atoms with Crippen LogP contribution in [0.2, 0.25) is 20.1 Å². The zero-order valence-electron chi connectivity index (χ0n) is 24.1. The lowest BCUT2D eigenvalue weighted by atomic mass is 9.89. The van der Waals surface area contributed by atoms with Crippen LogP contribution in [0.25, 0.3) is 0 Å². The van der Waals surface area contributed by atoms with Gasteiger partial charge in [0.2, 0.25) is 0 Å². The van der Waals surface area contributed by atoms with Crippen molar-refractivity contribution in [2.75, 3.05) is 32.9 Å². The number of nitrogen functional groups attached to an aromatic ring is 1. The molecule has 6 N–H and O–H groups in total. The van der Waals surface area contributed by atoms with Crippen molar-refractivity contribution in [2.24, 2.45) is 0 Å². The molecule has 0 amide bonds. The van der Waals surface area contributed by atoms with Crippen molar-refractivity contribution < 1.29 is 15.1 Å². The molecule has 0 saturated carbocycles. The molecule has 4 aromatic rings. The van der Waals surface area contributed by atoms with Crippen molar-refractivity contribution in [3.63, 3.8) is 0 Å². The molecule has 4 rings (SSSR count). The monoisotopic (exact) mass is 678 g/mol. The predicted molar refractivity (Wildman–Crippen MR) is 180 cm³/mol. The van der Waals surface area contributed by atoms with Crippen molar-refractivity contribution in [1.82, 2.24) is 10.6 Å². The smallest absolute Gasteiger partial charge is 0.269 e. The first kappa shape index (κ1) is 35.6. The summed E-state index contributed by atoms with van der Waals surface area (Å²) in [5.74, 6) is -0.469. The first-order chi connectivity index (χ1) is 21.0. The average Bonchev–Trinajstić information content (AvgIpc) is 3.01. The number of rotatable bonds is 11. The van der Waals surface area contributed by atoms with Crippen LogP contribution in [-0.2, 0) is 0 Å². The van der Waals surface area contributed by atoms with Gasteiger partial charge in [-0.1, -0.05) is 82.8 Å². The molecule has 4 unspecified atom stereocenters. The summed E-state index contributed by atoms with van der Waals surface area (Å²) in [6.07, 6.45) is -1.60. The number of hydrogen-bond acceptors (Lipinski definition) is 7. The molecule has 0 radical (unpaired) electrons. The number of benzene rings is 4. The van der Waals surface area contributed by atoms with Gasteiger partial charge in [0.25, 0.3) is 5.69 Å². The summed E-state index contributed by atoms with van der Waals surface area (Å²) in [6.45, 7) is 1.08. The standard InChI is InChI=1S/C16H16Cl2N2O3.C16H18Cl2N2O/c1-19-9-13(10-5-6-14(17)15(18)8-10)16(21)11-3-2-4-12(7-11)20(22)23;1-20-9-13(10-5-6-14(17)15(18)8-10)16(21)11-3-2-4-12(19)7-11/h2-8,13,16,19,21H,9H2,1H3;2-8,13,16,20-21H,9,19H2,1H3. The van der Waals surface area contributed by atoms with Crippen LogP contribution < -0.4 is 16.4 Å². The fourth-order valence-corrected chi connectivity index (χ4v) is 5.39. The molecule has 0 aromatic heterocycles. The van der Waals surface area contributed by atoms with Crippen molar-refractivity contribution in [1.29, 1.82) is 0 Å². The van der Waals surface area contributed by atoms with E-state index in [0.29, 0.717) is 44.4 Å². The van der Waals surface area contributed by atoms with Gasteiger partial charge >= 0.3 is 0 Å². The number of nitro benzene ring substituents is 1. The second-order valence-electron chi connectivity index (χ2n) is 10.1. The number of hydrogen-bond donors (Lipinski definition) is 5. The number of aliphatic hydroxyl groups excluding tert-OH is 2. The first-order valence-corrected chi connectivity index (χ1v) is 15.1. The van der Waals surface area contributed by atoms with Crippen molar-refractivity contribution in [2.45, 2.75) is 24.0 Å². The van der Waals surface area contributed by atoms with Crippen LogP contribution >= 0.6 is 46.4 Å². The van der Waals surface area contributed by atoms with Crippen molar-refractivity contribution >= 4 is 57.8 Å². The summed E-state index contributed by atoms with van der Waals surface area (Å²) in [5, 5.41) is 40.2. The minimum atomic E-state index is -0.917. The molecule has 0 saturated heterocycles. The molecular formula is C32H34Cl4N4O4. The number of nitro groups is 1. The van der Waals surface area contributed by atoms with Gasteiger partial charge in [-0.2, -0.15) is 0 Å². The summed E-state index contributed by atoms with van der Waals surface area (Å²) >= 11 is 24.0. The molecule has 0 heterocycles. The summed E-state index contributed by atoms with van der Waals surface area (Å²) in [5.41, 5.74) is 9.34. The minimum Gasteiger partial charge on any atom is -0.399 e. The van der Waals surface area contributed by atoms with Gasteiger partial charge in [-0.05, 0) is 72.7 Å². The van der Waals surface area contributed by atoms with E-state index in [0.717, 1.165) is 16.7 Å². The van der Waals surface area contributed by atoms with Gasteiger partial charge in [-0.25, -0.2) is 0 Å². The zero-order chi connectivity index (χ0) is 32.4. The number of nitrogens with one attached hydrogen (secondary N) is 2. The Morgan fingerprint density at radius 3 is 1.55 bits per heavy atom. The molecule has 0 aliphatic rings. The second-order valence-corrected chi connectivity index (χ2v) is 11.7. The van der Waals surface area contributed by atoms with Crippen LogP contribution in [0.15, 0.2) is 84.9 Å². The Balaban J connectivity index is 0.000000241. The Morgan fingerprint density at radius 2 is 1.14 bits per heavy atom. The summed E-state index contributed by atoms with van der Waals surface area (Å²) in [4.78, 5) is 10.4. The molecule has 0 bridgehead atoms. The maximum Gasteiger partial charge on any atom is 0.269 e. The highest BCUT2D eigenvalue weighted by molar-refractivity contribution is 6.42. The maximum atomic E-state index is 10.9. The van der Waals surface area contributed by atoms with Gasteiger partial charge in [0.05, 0.1) is 37.2 Å². The third-order valence-corrected chi connectivity index (χ3v) is 8.51. The normalized spacial score (nSPS) is 13.7. The third-order valence-electron chi connectivity index (χ3n) is 7.03. The van der Waals surface area contributed by atoms with E-state index in [2.05, 4.69) is 10.6 Å². The van der Waals surface area contributed by atoms with Crippen LogP contribution in [0.4, 0.5) is 11.4 Å². The van der Waals surface area contributed by atoms with Crippen LogP contribution in [0.3, 0.4) is 0 Å². The van der Waals surface area contributed by atoms with Gasteiger partial charge < -0.3 is 26.6 Å². The second kappa shape index (κ2) is 17.0.